The van der Waals surface area contributed by atoms with Crippen molar-refractivity contribution in [2.75, 3.05) is 5.73 Å². The number of nitrogen functional groups attached to an aromatic ring is 1. The van der Waals surface area contributed by atoms with Gasteiger partial charge in [-0.3, -0.25) is 0 Å². The zero-order chi connectivity index (χ0) is 6.85. The van der Waals surface area contributed by atoms with Crippen molar-refractivity contribution in [1.29, 1.82) is 0 Å². The molecule has 1 nitrogen and oxygen atoms in total. The predicted octanol–water partition coefficient (Wildman–Crippen LogP) is -1.02. The summed E-state index contributed by atoms with van der Waals surface area (Å²) in [6.07, 6.45) is 0. The molecule has 3 heteroatoms. The van der Waals surface area contributed by atoms with Gasteiger partial charge in [-0.05, 0) is 24.6 Å². The normalized spacial score (nSPS) is 8.60. The minimum atomic E-state index is 0. The van der Waals surface area contributed by atoms with Gasteiger partial charge in [0.2, 0.25) is 0 Å². The van der Waals surface area contributed by atoms with Gasteiger partial charge >= 0.3 is 29.6 Å². The molecule has 0 unspecified atom stereocenters. The van der Waals surface area contributed by atoms with E-state index in [2.05, 4.69) is 12.6 Å². The smallest absolute Gasteiger partial charge is 1.00 e. The van der Waals surface area contributed by atoms with Gasteiger partial charge in [0.1, 0.15) is 0 Å². The number of hydrogen-bond acceptors (Lipinski definition) is 2. The molecule has 50 valence electrons. The van der Waals surface area contributed by atoms with Crippen LogP contribution in [0, 0.1) is 6.92 Å². The van der Waals surface area contributed by atoms with Crippen molar-refractivity contribution in [3.05, 3.63) is 23.8 Å². The first kappa shape index (κ1) is 10.4. The Morgan fingerprint density at radius 1 is 1.50 bits per heavy atom. The van der Waals surface area contributed by atoms with E-state index in [-0.39, 0.29) is 31.0 Å². The van der Waals surface area contributed by atoms with E-state index < -0.39 is 0 Å². The Morgan fingerprint density at radius 2 is 2.10 bits per heavy atom. The Morgan fingerprint density at radius 3 is 2.50 bits per heavy atom. The number of nitrogens with two attached hydrogens (primary N) is 1. The van der Waals surface area contributed by atoms with Crippen molar-refractivity contribution in [2.24, 2.45) is 0 Å². The summed E-state index contributed by atoms with van der Waals surface area (Å²) in [7, 11) is 0. The van der Waals surface area contributed by atoms with E-state index in [4.69, 9.17) is 5.73 Å². The van der Waals surface area contributed by atoms with Crippen LogP contribution in [0.3, 0.4) is 0 Å². The Kier molecular flexibility index (Phi) is 4.45. The molecular formula is C7H10NNaS. The molecule has 0 aliphatic heterocycles. The van der Waals surface area contributed by atoms with Crippen LogP contribution in [0.5, 0.6) is 0 Å². The van der Waals surface area contributed by atoms with Crippen LogP contribution in [0.4, 0.5) is 5.69 Å². The van der Waals surface area contributed by atoms with Crippen molar-refractivity contribution >= 4 is 18.3 Å². The van der Waals surface area contributed by atoms with Crippen LogP contribution in [-0.4, -0.2) is 0 Å². The van der Waals surface area contributed by atoms with Crippen molar-refractivity contribution in [3.63, 3.8) is 0 Å². The van der Waals surface area contributed by atoms with Gasteiger partial charge in [0.15, 0.2) is 0 Å². The van der Waals surface area contributed by atoms with Crippen LogP contribution >= 0.6 is 12.6 Å². The number of benzene rings is 1. The van der Waals surface area contributed by atoms with Crippen LogP contribution < -0.4 is 35.3 Å². The second-order valence-corrected chi connectivity index (χ2v) is 2.54. The SMILES string of the molecule is Cc1ccc(S)c(N)c1.[H-].[Na+]. The third-order valence-corrected chi connectivity index (χ3v) is 1.59. The van der Waals surface area contributed by atoms with E-state index in [0.717, 1.165) is 10.6 Å². The molecule has 0 spiro atoms. The van der Waals surface area contributed by atoms with Crippen LogP contribution in [0.1, 0.15) is 6.99 Å². The molecule has 0 heterocycles. The van der Waals surface area contributed by atoms with E-state index in [1.807, 2.05) is 25.1 Å². The second-order valence-electron chi connectivity index (χ2n) is 2.06. The average Bonchev–Trinajstić information content (AvgIpc) is 1.80. The van der Waals surface area contributed by atoms with Gasteiger partial charge in [0.05, 0.1) is 0 Å². The van der Waals surface area contributed by atoms with Gasteiger partial charge in [-0.1, -0.05) is 6.07 Å². The van der Waals surface area contributed by atoms with E-state index in [1.165, 1.54) is 5.56 Å². The molecule has 0 aliphatic rings. The van der Waals surface area contributed by atoms with Crippen LogP contribution in [0.25, 0.3) is 0 Å². The maximum absolute atomic E-state index is 5.54. The summed E-state index contributed by atoms with van der Waals surface area (Å²) < 4.78 is 0. The minimum absolute atomic E-state index is 0. The van der Waals surface area contributed by atoms with Crippen LogP contribution in [0.2, 0.25) is 0 Å². The fraction of sp³-hybridized carbons (Fsp3) is 0.143. The Bertz CT molecular complexity index is 230. The maximum Gasteiger partial charge on any atom is 1.00 e. The molecule has 0 radical (unpaired) electrons. The minimum Gasteiger partial charge on any atom is -1.00 e. The van der Waals surface area contributed by atoms with Gasteiger partial charge in [-0.15, -0.1) is 12.6 Å². The van der Waals surface area contributed by atoms with Gasteiger partial charge in [0.25, 0.3) is 0 Å². The number of anilines is 1. The molecule has 0 aromatic heterocycles. The fourth-order valence-corrected chi connectivity index (χ4v) is 0.813. The molecule has 0 saturated carbocycles. The summed E-state index contributed by atoms with van der Waals surface area (Å²) in [5.74, 6) is 0. The molecule has 0 fully saturated rings. The van der Waals surface area contributed by atoms with Crippen molar-refractivity contribution in [2.45, 2.75) is 11.8 Å². The molecule has 1 aromatic rings. The number of thiol groups is 1. The average molecular weight is 163 g/mol. The standard InChI is InChI=1S/C7H9NS.Na.H/c1-5-2-3-7(9)6(8)4-5;;/h2-4,9H,8H2,1H3;;/q;+1;-1. The number of rotatable bonds is 0. The molecule has 1 aromatic carbocycles. The molecule has 1 rings (SSSR count). The van der Waals surface area contributed by atoms with Gasteiger partial charge < -0.3 is 7.16 Å². The third-order valence-electron chi connectivity index (χ3n) is 1.18. The molecule has 0 amide bonds. The Labute approximate surface area is 90.2 Å². The zero-order valence-corrected chi connectivity index (χ0v) is 9.15. The Balaban J connectivity index is 0. The van der Waals surface area contributed by atoms with E-state index in [1.54, 1.807) is 0 Å². The predicted molar refractivity (Wildman–Crippen MR) is 44.0 cm³/mol. The molecule has 2 N–H and O–H groups in total. The summed E-state index contributed by atoms with van der Waals surface area (Å²) >= 11 is 4.12. The number of hydrogen-bond donors (Lipinski definition) is 2. The van der Waals surface area contributed by atoms with E-state index in [9.17, 15) is 0 Å². The third kappa shape index (κ3) is 2.54. The fourth-order valence-electron chi connectivity index (χ4n) is 0.674. The van der Waals surface area contributed by atoms with Crippen molar-refractivity contribution in [3.8, 4) is 0 Å². The second kappa shape index (κ2) is 4.29. The molecule has 0 saturated heterocycles. The molecular weight excluding hydrogens is 153 g/mol. The topological polar surface area (TPSA) is 26.0 Å². The van der Waals surface area contributed by atoms with E-state index in [0.29, 0.717) is 0 Å². The Hall–Kier alpha value is 0.370. The summed E-state index contributed by atoms with van der Waals surface area (Å²) in [4.78, 5) is 0.848. The van der Waals surface area contributed by atoms with Crippen molar-refractivity contribution in [1.82, 2.24) is 0 Å². The summed E-state index contributed by atoms with van der Waals surface area (Å²) in [5.41, 5.74) is 7.46. The molecule has 0 atom stereocenters. The first-order valence-electron chi connectivity index (χ1n) is 2.75. The summed E-state index contributed by atoms with van der Waals surface area (Å²) in [6.45, 7) is 2.00. The van der Waals surface area contributed by atoms with Gasteiger partial charge in [-0.25, -0.2) is 0 Å². The largest absolute Gasteiger partial charge is 1.00 e. The first-order valence-corrected chi connectivity index (χ1v) is 3.20. The molecule has 10 heavy (non-hydrogen) atoms. The summed E-state index contributed by atoms with van der Waals surface area (Å²) in [6, 6.07) is 5.79. The van der Waals surface area contributed by atoms with E-state index >= 15 is 0 Å². The van der Waals surface area contributed by atoms with Crippen LogP contribution in [0.15, 0.2) is 23.1 Å². The molecule has 0 bridgehead atoms. The first-order chi connectivity index (χ1) is 4.20. The summed E-state index contributed by atoms with van der Waals surface area (Å²) in [5, 5.41) is 0. The maximum atomic E-state index is 5.54. The molecule has 0 aliphatic carbocycles. The van der Waals surface area contributed by atoms with Crippen molar-refractivity contribution < 1.29 is 31.0 Å². The van der Waals surface area contributed by atoms with Gasteiger partial charge in [0, 0.05) is 10.6 Å². The number of aryl methyl sites for hydroxylation is 1. The van der Waals surface area contributed by atoms with Crippen LogP contribution in [-0.2, 0) is 0 Å². The van der Waals surface area contributed by atoms with Gasteiger partial charge in [-0.2, -0.15) is 0 Å². The monoisotopic (exact) mass is 163 g/mol. The zero-order valence-electron chi connectivity index (χ0n) is 7.26. The quantitative estimate of drug-likeness (QED) is 0.286.